The summed E-state index contributed by atoms with van der Waals surface area (Å²) in [6.07, 6.45) is -1.43. The van der Waals surface area contributed by atoms with Crippen LogP contribution in [0.1, 0.15) is 60.6 Å². The fourth-order valence-corrected chi connectivity index (χ4v) is 5.35. The van der Waals surface area contributed by atoms with Gasteiger partial charge in [-0.05, 0) is 58.4 Å². The van der Waals surface area contributed by atoms with Gasteiger partial charge in [-0.1, -0.05) is 0 Å². The van der Waals surface area contributed by atoms with Crippen LogP contribution in [0.5, 0.6) is 5.75 Å². The number of likely N-dealkylation sites (N-methyl/N-ethyl adjacent to an activating group) is 1. The molecule has 38 heavy (non-hydrogen) atoms. The Hall–Kier alpha value is -3.51. The number of aliphatic hydroxyl groups is 1. The third-order valence-corrected chi connectivity index (χ3v) is 7.77. The number of methoxy groups -OCH3 is 1. The first-order valence-corrected chi connectivity index (χ1v) is 12.9. The molecule has 3 aromatic rings. The highest BCUT2D eigenvalue weighted by Crippen LogP contribution is 2.32. The molecule has 206 valence electrons. The van der Waals surface area contributed by atoms with Gasteiger partial charge in [-0.15, -0.1) is 11.3 Å². The largest absolute Gasteiger partial charge is 0.496 e. The molecule has 0 saturated heterocycles. The van der Waals surface area contributed by atoms with E-state index in [4.69, 9.17) is 9.47 Å². The number of esters is 1. The second-order valence-electron chi connectivity index (χ2n) is 9.15. The number of rotatable bonds is 9. The summed E-state index contributed by atoms with van der Waals surface area (Å²) < 4.78 is 26.3. The molecular formula is C26H32FN3O7S. The number of aromatic nitrogens is 2. The van der Waals surface area contributed by atoms with Crippen LogP contribution >= 0.6 is 11.3 Å². The van der Waals surface area contributed by atoms with Gasteiger partial charge in [0.1, 0.15) is 33.4 Å². The molecule has 12 heteroatoms. The van der Waals surface area contributed by atoms with Gasteiger partial charge in [0.25, 0.3) is 5.56 Å². The van der Waals surface area contributed by atoms with Crippen molar-refractivity contribution in [1.29, 1.82) is 0 Å². The molecule has 2 aromatic heterocycles. The Bertz CT molecular complexity index is 1490. The SMILES string of the molecule is CCOC(=O)c1sc2c(c1C)c(=O)n(C(C)C(=O)N(C)C(C)C)c(=O)n2C[C@H](O)c1cc(F)ccc1OC. The fourth-order valence-electron chi connectivity index (χ4n) is 4.15. The van der Waals surface area contributed by atoms with Crippen LogP contribution in [0.3, 0.4) is 0 Å². The van der Waals surface area contributed by atoms with Gasteiger partial charge in [0.05, 0.1) is 25.6 Å². The van der Waals surface area contributed by atoms with Crippen LogP contribution in [-0.2, 0) is 16.1 Å². The number of hydrogen-bond donors (Lipinski definition) is 1. The fraction of sp³-hybridized carbons (Fsp3) is 0.462. The lowest BCUT2D eigenvalue weighted by Gasteiger charge is -2.26. The number of benzene rings is 1. The van der Waals surface area contributed by atoms with Crippen LogP contribution in [0.2, 0.25) is 0 Å². The Morgan fingerprint density at radius 2 is 1.87 bits per heavy atom. The lowest BCUT2D eigenvalue weighted by atomic mass is 10.1. The van der Waals surface area contributed by atoms with Gasteiger partial charge < -0.3 is 19.5 Å². The summed E-state index contributed by atoms with van der Waals surface area (Å²) in [5, 5.41) is 11.1. The zero-order valence-corrected chi connectivity index (χ0v) is 23.2. The molecule has 0 aliphatic rings. The van der Waals surface area contributed by atoms with E-state index in [1.807, 2.05) is 0 Å². The Kier molecular flexibility index (Phi) is 8.78. The number of hydrogen-bond acceptors (Lipinski definition) is 8. The minimum absolute atomic E-state index is 0.0583. The number of aryl methyl sites for hydroxylation is 1. The van der Waals surface area contributed by atoms with Crippen molar-refractivity contribution < 1.29 is 28.6 Å². The van der Waals surface area contributed by atoms with E-state index < -0.39 is 47.6 Å². The summed E-state index contributed by atoms with van der Waals surface area (Å²) in [5.41, 5.74) is -1.20. The van der Waals surface area contributed by atoms with E-state index in [1.54, 1.807) is 34.7 Å². The average molecular weight is 550 g/mol. The van der Waals surface area contributed by atoms with E-state index in [0.717, 1.165) is 26.5 Å². The van der Waals surface area contributed by atoms with Crippen molar-refractivity contribution in [2.24, 2.45) is 0 Å². The first kappa shape index (κ1) is 29.1. The standard InChI is InChI=1S/C26H32FN3O7S/c1-8-37-25(34)21-14(4)20-23(33)30(15(5)22(32)28(6)13(2)3)26(35)29(24(20)38-21)12-18(31)17-11-16(27)9-10-19(17)36-7/h9-11,13,15,18,31H,8,12H2,1-7H3/t15?,18-/m0/s1. The lowest BCUT2D eigenvalue weighted by molar-refractivity contribution is -0.134. The van der Waals surface area contributed by atoms with Crippen LogP contribution in [0, 0.1) is 12.7 Å². The number of ether oxygens (including phenoxy) is 2. The number of carbonyl (C=O) groups is 2. The molecule has 0 aliphatic carbocycles. The first-order valence-electron chi connectivity index (χ1n) is 12.1. The number of fused-ring (bicyclic) bond motifs is 1. The van der Waals surface area contributed by atoms with E-state index in [9.17, 15) is 28.7 Å². The Balaban J connectivity index is 2.31. The third kappa shape index (κ3) is 5.23. The van der Waals surface area contributed by atoms with Crippen molar-refractivity contribution in [3.8, 4) is 5.75 Å². The monoisotopic (exact) mass is 549 g/mol. The van der Waals surface area contributed by atoms with Gasteiger partial charge in [-0.3, -0.25) is 14.2 Å². The zero-order valence-electron chi connectivity index (χ0n) is 22.4. The topological polar surface area (TPSA) is 120 Å². The number of carbonyl (C=O) groups excluding carboxylic acids is 2. The minimum atomic E-state index is -1.43. The van der Waals surface area contributed by atoms with E-state index in [0.29, 0.717) is 5.56 Å². The predicted octanol–water partition coefficient (Wildman–Crippen LogP) is 3.02. The van der Waals surface area contributed by atoms with Crippen LogP contribution in [0.15, 0.2) is 27.8 Å². The number of thiophene rings is 1. The predicted molar refractivity (Wildman–Crippen MR) is 142 cm³/mol. The van der Waals surface area contributed by atoms with Crippen molar-refractivity contribution in [2.75, 3.05) is 20.8 Å². The molecule has 2 heterocycles. The van der Waals surface area contributed by atoms with E-state index in [2.05, 4.69) is 0 Å². The molecule has 1 aromatic carbocycles. The number of nitrogens with zero attached hydrogens (tertiary/aromatic N) is 3. The summed E-state index contributed by atoms with van der Waals surface area (Å²) in [6, 6.07) is 2.25. The molecule has 0 bridgehead atoms. The van der Waals surface area contributed by atoms with Gasteiger partial charge >= 0.3 is 11.7 Å². The highest BCUT2D eigenvalue weighted by Gasteiger charge is 2.30. The van der Waals surface area contributed by atoms with Crippen LogP contribution in [0.25, 0.3) is 10.2 Å². The smallest absolute Gasteiger partial charge is 0.348 e. The molecular weight excluding hydrogens is 517 g/mol. The lowest BCUT2D eigenvalue weighted by Crippen LogP contribution is -2.47. The number of amides is 1. The molecule has 10 nitrogen and oxygen atoms in total. The summed E-state index contributed by atoms with van der Waals surface area (Å²) in [4.78, 5) is 54.9. The van der Waals surface area contributed by atoms with Crippen molar-refractivity contribution in [3.05, 3.63) is 60.9 Å². The van der Waals surface area contributed by atoms with Gasteiger partial charge in [-0.2, -0.15) is 0 Å². The summed E-state index contributed by atoms with van der Waals surface area (Å²) in [7, 11) is 2.93. The summed E-state index contributed by atoms with van der Waals surface area (Å²) in [6.45, 7) is 7.95. The molecule has 0 spiro atoms. The van der Waals surface area contributed by atoms with Crippen molar-refractivity contribution >= 4 is 33.4 Å². The molecule has 0 aliphatic heterocycles. The van der Waals surface area contributed by atoms with Gasteiger partial charge in [0, 0.05) is 18.7 Å². The molecule has 1 N–H and O–H groups in total. The zero-order chi connectivity index (χ0) is 28.5. The second kappa shape index (κ2) is 11.5. The maximum Gasteiger partial charge on any atom is 0.348 e. The maximum absolute atomic E-state index is 14.0. The van der Waals surface area contributed by atoms with Gasteiger partial charge in [-0.25, -0.2) is 18.5 Å². The van der Waals surface area contributed by atoms with Gasteiger partial charge in [0.2, 0.25) is 5.91 Å². The highest BCUT2D eigenvalue weighted by molar-refractivity contribution is 7.20. The molecule has 1 amide bonds. The van der Waals surface area contributed by atoms with Crippen molar-refractivity contribution in [2.45, 2.75) is 59.4 Å². The van der Waals surface area contributed by atoms with Crippen molar-refractivity contribution in [1.82, 2.24) is 14.0 Å². The second-order valence-corrected chi connectivity index (χ2v) is 10.1. The van der Waals surface area contributed by atoms with Crippen LogP contribution in [-0.4, -0.2) is 57.8 Å². The molecule has 0 saturated carbocycles. The normalized spacial score (nSPS) is 13.0. The van der Waals surface area contributed by atoms with E-state index >= 15 is 0 Å². The summed E-state index contributed by atoms with van der Waals surface area (Å²) in [5.74, 6) is -1.54. The van der Waals surface area contributed by atoms with E-state index in [-0.39, 0.29) is 39.1 Å². The van der Waals surface area contributed by atoms with Gasteiger partial charge in [0.15, 0.2) is 0 Å². The van der Waals surface area contributed by atoms with E-state index in [1.165, 1.54) is 31.1 Å². The quantitative estimate of drug-likeness (QED) is 0.408. The molecule has 0 radical (unpaired) electrons. The van der Waals surface area contributed by atoms with Crippen LogP contribution < -0.4 is 16.0 Å². The summed E-state index contributed by atoms with van der Waals surface area (Å²) >= 11 is 0.881. The first-order chi connectivity index (χ1) is 17.8. The number of aliphatic hydroxyl groups excluding tert-OH is 1. The third-order valence-electron chi connectivity index (χ3n) is 6.48. The Labute approximate surface area is 222 Å². The molecule has 2 atom stereocenters. The van der Waals surface area contributed by atoms with Crippen molar-refractivity contribution in [3.63, 3.8) is 0 Å². The molecule has 0 fully saturated rings. The maximum atomic E-state index is 14.0. The number of halogens is 1. The average Bonchev–Trinajstić information content (AvgIpc) is 3.22. The molecule has 1 unspecified atom stereocenters. The Morgan fingerprint density at radius 3 is 2.45 bits per heavy atom. The highest BCUT2D eigenvalue weighted by atomic mass is 32.1. The Morgan fingerprint density at radius 1 is 1.21 bits per heavy atom. The molecule has 3 rings (SSSR count). The minimum Gasteiger partial charge on any atom is -0.496 e. The van der Waals surface area contributed by atoms with Crippen LogP contribution in [0.4, 0.5) is 4.39 Å².